The van der Waals surface area contributed by atoms with Crippen molar-refractivity contribution in [3.8, 4) is 11.5 Å². The van der Waals surface area contributed by atoms with Gasteiger partial charge in [0.2, 0.25) is 5.91 Å². The van der Waals surface area contributed by atoms with Crippen molar-refractivity contribution in [3.63, 3.8) is 0 Å². The van der Waals surface area contributed by atoms with Gasteiger partial charge in [0.25, 0.3) is 0 Å². The Labute approximate surface area is 163 Å². The van der Waals surface area contributed by atoms with Gasteiger partial charge in [0, 0.05) is 6.54 Å². The highest BCUT2D eigenvalue weighted by atomic mass is 32.1. The number of amides is 1. The summed E-state index contributed by atoms with van der Waals surface area (Å²) < 4.78 is 24.0. The van der Waals surface area contributed by atoms with Crippen LogP contribution < -0.4 is 25.6 Å². The molecule has 0 saturated carbocycles. The van der Waals surface area contributed by atoms with E-state index in [9.17, 15) is 9.18 Å². The number of carbonyl (C=O) groups is 1. The molecule has 0 aliphatic rings. The summed E-state index contributed by atoms with van der Waals surface area (Å²) in [4.78, 5) is 11.8. The SMILES string of the molecule is COc1ccc(CCNC(=S)NNC(=O)Cc2ccccc2F)cc1OC. The molecule has 6 nitrogen and oxygen atoms in total. The fourth-order valence-electron chi connectivity index (χ4n) is 2.39. The maximum absolute atomic E-state index is 13.5. The number of methoxy groups -OCH3 is 2. The lowest BCUT2D eigenvalue weighted by Gasteiger charge is -2.13. The Balaban J connectivity index is 1.72. The van der Waals surface area contributed by atoms with Crippen LogP contribution in [0.15, 0.2) is 42.5 Å². The largest absolute Gasteiger partial charge is 0.493 e. The quantitative estimate of drug-likeness (QED) is 0.496. The van der Waals surface area contributed by atoms with Crippen LogP contribution in [-0.2, 0) is 17.6 Å². The van der Waals surface area contributed by atoms with Gasteiger partial charge in [-0.2, -0.15) is 0 Å². The predicted octanol–water partition coefficient (Wildman–Crippen LogP) is 2.12. The van der Waals surface area contributed by atoms with Crippen LogP contribution in [0.4, 0.5) is 4.39 Å². The van der Waals surface area contributed by atoms with Crippen LogP contribution in [0.5, 0.6) is 11.5 Å². The number of rotatable bonds is 7. The van der Waals surface area contributed by atoms with Gasteiger partial charge < -0.3 is 14.8 Å². The van der Waals surface area contributed by atoms with Crippen molar-refractivity contribution in [2.24, 2.45) is 0 Å². The third kappa shape index (κ3) is 6.41. The van der Waals surface area contributed by atoms with Crippen LogP contribution >= 0.6 is 12.2 Å². The fourth-order valence-corrected chi connectivity index (χ4v) is 2.54. The van der Waals surface area contributed by atoms with Crippen LogP contribution in [0.1, 0.15) is 11.1 Å². The second kappa shape index (κ2) is 10.3. The van der Waals surface area contributed by atoms with E-state index in [4.69, 9.17) is 21.7 Å². The maximum atomic E-state index is 13.5. The summed E-state index contributed by atoms with van der Waals surface area (Å²) in [6, 6.07) is 11.8. The minimum Gasteiger partial charge on any atom is -0.493 e. The van der Waals surface area contributed by atoms with Crippen LogP contribution in [0.3, 0.4) is 0 Å². The molecule has 8 heteroatoms. The molecule has 27 heavy (non-hydrogen) atoms. The van der Waals surface area contributed by atoms with E-state index in [0.717, 1.165) is 5.56 Å². The number of benzene rings is 2. The van der Waals surface area contributed by atoms with Crippen molar-refractivity contribution in [2.75, 3.05) is 20.8 Å². The molecular formula is C19H22FN3O3S. The molecule has 1 amide bonds. The van der Waals surface area contributed by atoms with Gasteiger partial charge in [-0.1, -0.05) is 24.3 Å². The summed E-state index contributed by atoms with van der Waals surface area (Å²) in [5, 5.41) is 3.26. The zero-order valence-electron chi connectivity index (χ0n) is 15.2. The first-order valence-corrected chi connectivity index (χ1v) is 8.71. The molecule has 0 aromatic heterocycles. The molecule has 3 N–H and O–H groups in total. The Hall–Kier alpha value is -2.87. The number of thiocarbonyl (C=S) groups is 1. The highest BCUT2D eigenvalue weighted by Gasteiger charge is 2.08. The van der Waals surface area contributed by atoms with Gasteiger partial charge in [0.05, 0.1) is 20.6 Å². The molecule has 0 aliphatic carbocycles. The van der Waals surface area contributed by atoms with E-state index >= 15 is 0 Å². The molecule has 0 spiro atoms. The summed E-state index contributed by atoms with van der Waals surface area (Å²) >= 11 is 5.11. The zero-order chi connectivity index (χ0) is 19.6. The first-order chi connectivity index (χ1) is 13.0. The molecule has 2 rings (SSSR count). The molecule has 2 aromatic rings. The number of nitrogens with one attached hydrogen (secondary N) is 3. The van der Waals surface area contributed by atoms with E-state index in [-0.39, 0.29) is 17.4 Å². The topological polar surface area (TPSA) is 71.6 Å². The first-order valence-electron chi connectivity index (χ1n) is 8.30. The summed E-state index contributed by atoms with van der Waals surface area (Å²) in [6.07, 6.45) is 0.624. The summed E-state index contributed by atoms with van der Waals surface area (Å²) in [5.41, 5.74) is 6.42. The van der Waals surface area contributed by atoms with E-state index in [1.165, 1.54) is 6.07 Å². The summed E-state index contributed by atoms with van der Waals surface area (Å²) in [5.74, 6) is 0.535. The molecule has 0 saturated heterocycles. The lowest BCUT2D eigenvalue weighted by Crippen LogP contribution is -2.47. The van der Waals surface area contributed by atoms with E-state index in [2.05, 4.69) is 16.2 Å². The van der Waals surface area contributed by atoms with E-state index in [0.29, 0.717) is 30.0 Å². The van der Waals surface area contributed by atoms with Crippen LogP contribution in [0, 0.1) is 5.82 Å². The number of halogens is 1. The fraction of sp³-hybridized carbons (Fsp3) is 0.263. The van der Waals surface area contributed by atoms with Crippen molar-refractivity contribution >= 4 is 23.2 Å². The van der Waals surface area contributed by atoms with Crippen molar-refractivity contribution in [2.45, 2.75) is 12.8 Å². The van der Waals surface area contributed by atoms with Crippen molar-refractivity contribution in [1.29, 1.82) is 0 Å². The summed E-state index contributed by atoms with van der Waals surface area (Å²) in [7, 11) is 3.17. The Morgan fingerprint density at radius 1 is 1.07 bits per heavy atom. The zero-order valence-corrected chi connectivity index (χ0v) is 16.0. The molecule has 0 radical (unpaired) electrons. The number of ether oxygens (including phenoxy) is 2. The third-order valence-electron chi connectivity index (χ3n) is 3.77. The minimum atomic E-state index is -0.414. The number of carbonyl (C=O) groups excluding carboxylic acids is 1. The van der Waals surface area contributed by atoms with Crippen molar-refractivity contribution in [3.05, 3.63) is 59.4 Å². The highest BCUT2D eigenvalue weighted by Crippen LogP contribution is 2.27. The molecule has 0 aliphatic heterocycles. The molecular weight excluding hydrogens is 369 g/mol. The molecule has 0 bridgehead atoms. The average molecular weight is 391 g/mol. The monoisotopic (exact) mass is 391 g/mol. The standard InChI is InChI=1S/C19H22FN3O3S/c1-25-16-8-7-13(11-17(16)26-2)9-10-21-19(27)23-22-18(24)12-14-5-3-4-6-15(14)20/h3-8,11H,9-10,12H2,1-2H3,(H,22,24)(H2,21,23,27). The van der Waals surface area contributed by atoms with Crippen LogP contribution in [0.2, 0.25) is 0 Å². The van der Waals surface area contributed by atoms with Gasteiger partial charge in [-0.05, 0) is 48.0 Å². The van der Waals surface area contributed by atoms with Gasteiger partial charge in [-0.15, -0.1) is 0 Å². The number of hydrogen-bond acceptors (Lipinski definition) is 4. The number of hydrazine groups is 1. The average Bonchev–Trinajstić information content (AvgIpc) is 2.68. The third-order valence-corrected chi connectivity index (χ3v) is 4.02. The highest BCUT2D eigenvalue weighted by molar-refractivity contribution is 7.80. The minimum absolute atomic E-state index is 0.0755. The molecule has 0 fully saturated rings. The Morgan fingerprint density at radius 2 is 1.81 bits per heavy atom. The second-order valence-corrected chi connectivity index (χ2v) is 6.04. The van der Waals surface area contributed by atoms with Gasteiger partial charge in [-0.3, -0.25) is 15.6 Å². The Kier molecular flexibility index (Phi) is 7.81. The second-order valence-electron chi connectivity index (χ2n) is 5.64. The smallest absolute Gasteiger partial charge is 0.242 e. The van der Waals surface area contributed by atoms with Crippen LogP contribution in [0.25, 0.3) is 0 Å². The lowest BCUT2D eigenvalue weighted by atomic mass is 10.1. The van der Waals surface area contributed by atoms with Gasteiger partial charge >= 0.3 is 0 Å². The first kappa shape index (κ1) is 20.4. The molecule has 0 unspecified atom stereocenters. The van der Waals surface area contributed by atoms with Crippen molar-refractivity contribution in [1.82, 2.24) is 16.2 Å². The van der Waals surface area contributed by atoms with Gasteiger partial charge in [-0.25, -0.2) is 4.39 Å². The maximum Gasteiger partial charge on any atom is 0.242 e. The Bertz CT molecular complexity index is 802. The number of hydrogen-bond donors (Lipinski definition) is 3. The van der Waals surface area contributed by atoms with Crippen molar-refractivity contribution < 1.29 is 18.7 Å². The molecule has 0 heterocycles. The predicted molar refractivity (Wildman–Crippen MR) is 105 cm³/mol. The van der Waals surface area contributed by atoms with E-state index < -0.39 is 5.82 Å². The summed E-state index contributed by atoms with van der Waals surface area (Å²) in [6.45, 7) is 0.560. The van der Waals surface area contributed by atoms with E-state index in [1.54, 1.807) is 32.4 Å². The molecule has 144 valence electrons. The Morgan fingerprint density at radius 3 is 2.52 bits per heavy atom. The normalized spacial score (nSPS) is 10.0. The van der Waals surface area contributed by atoms with Gasteiger partial charge in [0.1, 0.15) is 5.82 Å². The molecule has 0 atom stereocenters. The van der Waals surface area contributed by atoms with E-state index in [1.807, 2.05) is 18.2 Å². The molecule has 2 aromatic carbocycles. The van der Waals surface area contributed by atoms with Crippen LogP contribution in [-0.4, -0.2) is 31.8 Å². The van der Waals surface area contributed by atoms with Gasteiger partial charge in [0.15, 0.2) is 16.6 Å². The lowest BCUT2D eigenvalue weighted by molar-refractivity contribution is -0.121.